The lowest BCUT2D eigenvalue weighted by molar-refractivity contribution is 0.279. The molecule has 2 atom stereocenters. The van der Waals surface area contributed by atoms with Gasteiger partial charge in [-0.05, 0) is 0 Å². The Hall–Kier alpha value is 0.200. The van der Waals surface area contributed by atoms with E-state index in [1.165, 1.54) is 13.1 Å². The number of hydrogen-bond donors (Lipinski definition) is 1. The van der Waals surface area contributed by atoms with E-state index in [0.717, 1.165) is 23.5 Å². The van der Waals surface area contributed by atoms with Crippen LogP contribution in [-0.4, -0.2) is 40.0 Å². The van der Waals surface area contributed by atoms with Crippen LogP contribution in [0.5, 0.6) is 0 Å². The summed E-state index contributed by atoms with van der Waals surface area (Å²) in [5.74, 6) is 0. The van der Waals surface area contributed by atoms with Crippen LogP contribution in [0.4, 0.5) is 0 Å². The van der Waals surface area contributed by atoms with Crippen LogP contribution in [0.15, 0.2) is 0 Å². The zero-order chi connectivity index (χ0) is 9.84. The van der Waals surface area contributed by atoms with Crippen molar-refractivity contribution in [1.82, 2.24) is 4.90 Å². The third-order valence-corrected chi connectivity index (χ3v) is 3.60. The van der Waals surface area contributed by atoms with Crippen molar-refractivity contribution < 1.29 is 0 Å². The molecule has 0 bridgehead atoms. The largest absolute Gasteiger partial charge is 0.393 e. The van der Waals surface area contributed by atoms with E-state index in [0.29, 0.717) is 4.99 Å². The first-order valence-corrected chi connectivity index (χ1v) is 6.09. The number of rotatable bonds is 3. The first-order chi connectivity index (χ1) is 6.08. The normalized spacial score (nSPS) is 30.3. The minimum Gasteiger partial charge on any atom is -0.393 e. The summed E-state index contributed by atoms with van der Waals surface area (Å²) in [6, 6.07) is 0. The van der Waals surface area contributed by atoms with Gasteiger partial charge < -0.3 is 10.6 Å². The van der Waals surface area contributed by atoms with Crippen LogP contribution >= 0.6 is 24.0 Å². The monoisotopic (exact) mass is 218 g/mol. The number of thioether (sulfide) groups is 1. The lowest BCUT2D eigenvalue weighted by Gasteiger charge is -2.34. The molecule has 0 aromatic carbocycles. The van der Waals surface area contributed by atoms with Gasteiger partial charge in [0.05, 0.1) is 4.99 Å². The van der Waals surface area contributed by atoms with Crippen LogP contribution in [0, 0.1) is 0 Å². The highest BCUT2D eigenvalue weighted by molar-refractivity contribution is 8.00. The van der Waals surface area contributed by atoms with Gasteiger partial charge in [0.15, 0.2) is 0 Å². The van der Waals surface area contributed by atoms with Crippen LogP contribution in [0.3, 0.4) is 0 Å². The standard InChI is InChI=1S/C9H18N2S2/c1-7-5-11(4-3-9(10)12)6-8(2)13-7/h7-8H,3-6H2,1-2H3,(H2,10,12). The van der Waals surface area contributed by atoms with Gasteiger partial charge in [-0.15, -0.1) is 0 Å². The Bertz CT molecular complexity index is 174. The molecule has 0 aliphatic carbocycles. The Labute approximate surface area is 90.2 Å². The molecule has 76 valence electrons. The van der Waals surface area contributed by atoms with Gasteiger partial charge >= 0.3 is 0 Å². The number of nitrogens with two attached hydrogens (primary N) is 1. The molecule has 1 aliphatic rings. The molecule has 2 unspecified atom stereocenters. The second-order valence-corrected chi connectivity index (χ2v) is 6.14. The zero-order valence-electron chi connectivity index (χ0n) is 8.32. The molecule has 0 spiro atoms. The van der Waals surface area contributed by atoms with Crippen LogP contribution in [0.1, 0.15) is 20.3 Å². The molecule has 0 amide bonds. The second-order valence-electron chi connectivity index (χ2n) is 3.73. The van der Waals surface area contributed by atoms with Crippen LogP contribution in [-0.2, 0) is 0 Å². The number of nitrogens with zero attached hydrogens (tertiary/aromatic N) is 1. The van der Waals surface area contributed by atoms with Crippen molar-refractivity contribution in [2.45, 2.75) is 30.8 Å². The maximum Gasteiger partial charge on any atom is 0.0740 e. The molecule has 1 fully saturated rings. The fourth-order valence-electron chi connectivity index (χ4n) is 1.74. The van der Waals surface area contributed by atoms with Gasteiger partial charge in [0, 0.05) is 36.6 Å². The molecule has 2 N–H and O–H groups in total. The predicted molar refractivity (Wildman–Crippen MR) is 64.4 cm³/mol. The van der Waals surface area contributed by atoms with Crippen LogP contribution < -0.4 is 5.73 Å². The molecule has 1 saturated heterocycles. The summed E-state index contributed by atoms with van der Waals surface area (Å²) in [5, 5.41) is 1.49. The summed E-state index contributed by atoms with van der Waals surface area (Å²) in [6.45, 7) is 7.96. The minimum absolute atomic E-state index is 0.638. The molecule has 4 heteroatoms. The van der Waals surface area contributed by atoms with E-state index in [2.05, 4.69) is 30.5 Å². The van der Waals surface area contributed by atoms with Crippen molar-refractivity contribution in [3.8, 4) is 0 Å². The third-order valence-electron chi connectivity index (χ3n) is 2.17. The van der Waals surface area contributed by atoms with Gasteiger partial charge in [-0.2, -0.15) is 11.8 Å². The molecule has 0 saturated carbocycles. The molecule has 0 radical (unpaired) electrons. The van der Waals surface area contributed by atoms with Gasteiger partial charge in [0.2, 0.25) is 0 Å². The summed E-state index contributed by atoms with van der Waals surface area (Å²) < 4.78 is 0. The Morgan fingerprint density at radius 2 is 2.00 bits per heavy atom. The van der Waals surface area contributed by atoms with Gasteiger partial charge in [-0.1, -0.05) is 26.1 Å². The molecule has 0 aromatic heterocycles. The van der Waals surface area contributed by atoms with Crippen molar-refractivity contribution in [3.63, 3.8) is 0 Å². The van der Waals surface area contributed by atoms with E-state index in [9.17, 15) is 0 Å². The molecular formula is C9H18N2S2. The van der Waals surface area contributed by atoms with E-state index in [1.54, 1.807) is 0 Å². The van der Waals surface area contributed by atoms with Crippen molar-refractivity contribution >= 4 is 29.0 Å². The summed E-state index contributed by atoms with van der Waals surface area (Å²) in [6.07, 6.45) is 0.861. The average Bonchev–Trinajstić information content (AvgIpc) is 1.99. The van der Waals surface area contributed by atoms with E-state index < -0.39 is 0 Å². The minimum atomic E-state index is 0.638. The molecule has 2 nitrogen and oxygen atoms in total. The predicted octanol–water partition coefficient (Wildman–Crippen LogP) is 1.49. The molecule has 0 aromatic rings. The van der Waals surface area contributed by atoms with Gasteiger partial charge in [0.1, 0.15) is 0 Å². The first kappa shape index (κ1) is 11.3. The third kappa shape index (κ3) is 4.29. The second kappa shape index (κ2) is 5.17. The lowest BCUT2D eigenvalue weighted by Crippen LogP contribution is -2.41. The van der Waals surface area contributed by atoms with Gasteiger partial charge in [-0.3, -0.25) is 0 Å². The highest BCUT2D eigenvalue weighted by Crippen LogP contribution is 2.24. The fourth-order valence-corrected chi connectivity index (χ4v) is 3.21. The topological polar surface area (TPSA) is 29.3 Å². The molecular weight excluding hydrogens is 200 g/mol. The Morgan fingerprint density at radius 1 is 1.46 bits per heavy atom. The smallest absolute Gasteiger partial charge is 0.0740 e. The van der Waals surface area contributed by atoms with Crippen molar-refractivity contribution in [2.75, 3.05) is 19.6 Å². The number of hydrogen-bond acceptors (Lipinski definition) is 3. The number of thiocarbonyl (C=S) groups is 1. The van der Waals surface area contributed by atoms with Crippen LogP contribution in [0.2, 0.25) is 0 Å². The SMILES string of the molecule is CC1CN(CCC(N)=S)CC(C)S1. The van der Waals surface area contributed by atoms with Crippen molar-refractivity contribution in [2.24, 2.45) is 5.73 Å². The molecule has 1 heterocycles. The van der Waals surface area contributed by atoms with E-state index >= 15 is 0 Å². The van der Waals surface area contributed by atoms with Gasteiger partial charge in [-0.25, -0.2) is 0 Å². The fraction of sp³-hybridized carbons (Fsp3) is 0.889. The lowest BCUT2D eigenvalue weighted by atomic mass is 10.3. The maximum atomic E-state index is 5.48. The quantitative estimate of drug-likeness (QED) is 0.727. The Morgan fingerprint density at radius 3 is 2.46 bits per heavy atom. The summed E-state index contributed by atoms with van der Waals surface area (Å²) >= 11 is 6.94. The Kier molecular flexibility index (Phi) is 4.49. The molecule has 1 aliphatic heterocycles. The highest BCUT2D eigenvalue weighted by Gasteiger charge is 2.21. The van der Waals surface area contributed by atoms with Crippen LogP contribution in [0.25, 0.3) is 0 Å². The van der Waals surface area contributed by atoms with Gasteiger partial charge in [0.25, 0.3) is 0 Å². The maximum absolute atomic E-state index is 5.48. The Balaban J connectivity index is 2.28. The zero-order valence-corrected chi connectivity index (χ0v) is 9.96. The summed E-state index contributed by atoms with van der Waals surface area (Å²) in [7, 11) is 0. The summed E-state index contributed by atoms with van der Waals surface area (Å²) in [4.78, 5) is 3.10. The van der Waals surface area contributed by atoms with Crippen molar-refractivity contribution in [3.05, 3.63) is 0 Å². The van der Waals surface area contributed by atoms with E-state index in [1.807, 2.05) is 0 Å². The van der Waals surface area contributed by atoms with E-state index in [-0.39, 0.29) is 0 Å². The van der Waals surface area contributed by atoms with E-state index in [4.69, 9.17) is 18.0 Å². The molecule has 1 rings (SSSR count). The average molecular weight is 218 g/mol. The first-order valence-electron chi connectivity index (χ1n) is 4.74. The van der Waals surface area contributed by atoms with Crippen molar-refractivity contribution in [1.29, 1.82) is 0 Å². The highest BCUT2D eigenvalue weighted by atomic mass is 32.2. The summed E-state index contributed by atoms with van der Waals surface area (Å²) in [5.41, 5.74) is 5.48. The molecule has 13 heavy (non-hydrogen) atoms.